The molecule has 0 aliphatic rings. The summed E-state index contributed by atoms with van der Waals surface area (Å²) >= 11 is 0. The Labute approximate surface area is 37.8 Å². The molecule has 0 heterocycles. The molecule has 0 fully saturated rings. The molecule has 0 saturated heterocycles. The molecule has 0 aromatic heterocycles. The van der Waals surface area contributed by atoms with Gasteiger partial charge in [0.1, 0.15) is 0 Å². The zero-order chi connectivity index (χ0) is 2.71. The molecule has 5 heavy (non-hydrogen) atoms. The van der Waals surface area contributed by atoms with Crippen molar-refractivity contribution in [3.05, 3.63) is 0 Å². The quantitative estimate of drug-likeness (QED) is 0.368. The number of nitriles is 1. The van der Waals surface area contributed by atoms with Gasteiger partial charge in [-0.15, -0.1) is 0 Å². The Balaban J connectivity index is -0.0000000200. The molecule has 0 rings (SSSR count). The van der Waals surface area contributed by atoms with E-state index in [-0.39, 0.29) is 18.6 Å². The molecular formula is C2H7ClN2. The molecular weight excluding hydrogens is 87.5 g/mol. The normalized spacial score (nSPS) is 1.60. The number of hydrogen-bond donors (Lipinski definition) is 1. The highest BCUT2D eigenvalue weighted by molar-refractivity contribution is 4.51. The van der Waals surface area contributed by atoms with Crippen LogP contribution in [0.25, 0.3) is 0 Å². The van der Waals surface area contributed by atoms with Gasteiger partial charge in [-0.25, -0.2) is 0 Å². The van der Waals surface area contributed by atoms with Gasteiger partial charge in [-0.3, -0.25) is 0 Å². The predicted molar refractivity (Wildman–Crippen MR) is 17.3 cm³/mol. The van der Waals surface area contributed by atoms with Crippen molar-refractivity contribution >= 4 is 0 Å². The van der Waals surface area contributed by atoms with Gasteiger partial charge < -0.3 is 18.6 Å². The number of quaternary nitrogens is 1. The largest absolute Gasteiger partial charge is 1.00 e. The van der Waals surface area contributed by atoms with Crippen LogP contribution in [0.1, 0.15) is 6.92 Å². The second kappa shape index (κ2) is 51.3. The molecule has 0 amide bonds. The third-order valence-corrected chi connectivity index (χ3v) is 0. The van der Waals surface area contributed by atoms with Crippen LogP contribution < -0.4 is 18.6 Å². The van der Waals surface area contributed by atoms with E-state index in [1.165, 1.54) is 6.92 Å². The van der Waals surface area contributed by atoms with E-state index >= 15 is 0 Å². The van der Waals surface area contributed by atoms with Crippen LogP contribution in [0.5, 0.6) is 0 Å². The third-order valence-electron chi connectivity index (χ3n) is 0. The monoisotopic (exact) mass is 94.0 g/mol. The molecule has 4 N–H and O–H groups in total. The zero-order valence-corrected chi connectivity index (χ0v) is 4.08. The molecule has 0 aliphatic carbocycles. The van der Waals surface area contributed by atoms with Crippen molar-refractivity contribution in [3.63, 3.8) is 0 Å². The van der Waals surface area contributed by atoms with Crippen molar-refractivity contribution in [2.75, 3.05) is 0 Å². The first-order chi connectivity index (χ1) is 1.41. The van der Waals surface area contributed by atoms with Crippen molar-refractivity contribution in [2.24, 2.45) is 0 Å². The van der Waals surface area contributed by atoms with E-state index in [4.69, 9.17) is 5.26 Å². The minimum atomic E-state index is 0. The maximum Gasteiger partial charge on any atom is 0.0587 e. The van der Waals surface area contributed by atoms with Crippen molar-refractivity contribution < 1.29 is 12.4 Å². The second-order valence-corrected chi connectivity index (χ2v) is 0.224. The Morgan fingerprint density at radius 2 is 1.60 bits per heavy atom. The highest BCUT2D eigenvalue weighted by atomic mass is 35.5. The predicted octanol–water partition coefficient (Wildman–Crippen LogP) is -2.09. The van der Waals surface area contributed by atoms with E-state index in [1.807, 2.05) is 0 Å². The maximum absolute atomic E-state index is 7.32. The Bertz CT molecular complexity index is 29.1. The number of rotatable bonds is 0. The van der Waals surface area contributed by atoms with Gasteiger partial charge in [0.15, 0.2) is 0 Å². The molecule has 2 nitrogen and oxygen atoms in total. The minimum Gasteiger partial charge on any atom is -1.00 e. The Morgan fingerprint density at radius 1 is 1.60 bits per heavy atom. The molecule has 3 heteroatoms. The van der Waals surface area contributed by atoms with Gasteiger partial charge in [-0.05, 0) is 0 Å². The highest BCUT2D eigenvalue weighted by Crippen LogP contribution is 1.21. The summed E-state index contributed by atoms with van der Waals surface area (Å²) in [6.07, 6.45) is 0. The average molecular weight is 94.5 g/mol. The lowest BCUT2D eigenvalue weighted by atomic mass is 11.0. The molecule has 0 bridgehead atoms. The summed E-state index contributed by atoms with van der Waals surface area (Å²) in [6, 6.07) is 1.75. The van der Waals surface area contributed by atoms with Crippen LogP contribution in [0.3, 0.4) is 0 Å². The molecule has 0 aliphatic heterocycles. The summed E-state index contributed by atoms with van der Waals surface area (Å²) in [5.74, 6) is 0. The molecule has 0 atom stereocenters. The average Bonchev–Trinajstić information content (AvgIpc) is 0.918. The van der Waals surface area contributed by atoms with Gasteiger partial charge in [0.2, 0.25) is 0 Å². The number of nitrogens with zero attached hydrogens (tertiary/aromatic N) is 1. The van der Waals surface area contributed by atoms with Crippen molar-refractivity contribution in [2.45, 2.75) is 6.92 Å². The van der Waals surface area contributed by atoms with Crippen LogP contribution in [0.15, 0.2) is 0 Å². The van der Waals surface area contributed by atoms with E-state index < -0.39 is 0 Å². The zero-order valence-electron chi connectivity index (χ0n) is 3.33. The van der Waals surface area contributed by atoms with Gasteiger partial charge in [0, 0.05) is 6.92 Å². The van der Waals surface area contributed by atoms with Crippen molar-refractivity contribution in [3.8, 4) is 6.07 Å². The van der Waals surface area contributed by atoms with Crippen LogP contribution in [0, 0.1) is 11.3 Å². The van der Waals surface area contributed by atoms with Gasteiger partial charge in [-0.1, -0.05) is 0 Å². The minimum absolute atomic E-state index is 0. The van der Waals surface area contributed by atoms with Gasteiger partial charge in [0.25, 0.3) is 0 Å². The van der Waals surface area contributed by atoms with Gasteiger partial charge in [-0.2, -0.15) is 5.26 Å². The molecule has 0 spiro atoms. The summed E-state index contributed by atoms with van der Waals surface area (Å²) in [5.41, 5.74) is 0. The highest BCUT2D eigenvalue weighted by Gasteiger charge is 1.17. The van der Waals surface area contributed by atoms with Crippen molar-refractivity contribution in [1.29, 1.82) is 5.26 Å². The second-order valence-electron chi connectivity index (χ2n) is 0.224. The summed E-state index contributed by atoms with van der Waals surface area (Å²) < 4.78 is 0. The molecule has 0 saturated carbocycles. The number of halogens is 1. The summed E-state index contributed by atoms with van der Waals surface area (Å²) in [4.78, 5) is 0. The fourth-order valence-corrected chi connectivity index (χ4v) is 0. The summed E-state index contributed by atoms with van der Waals surface area (Å²) in [5, 5.41) is 7.32. The van der Waals surface area contributed by atoms with Gasteiger partial charge >= 0.3 is 0 Å². The molecule has 0 unspecified atom stereocenters. The molecule has 0 aromatic carbocycles. The van der Waals surface area contributed by atoms with Crippen molar-refractivity contribution in [1.82, 2.24) is 6.15 Å². The third kappa shape index (κ3) is 168. The topological polar surface area (TPSA) is 60.3 Å². The van der Waals surface area contributed by atoms with Crippen LogP contribution in [-0.2, 0) is 0 Å². The van der Waals surface area contributed by atoms with Crippen LogP contribution >= 0.6 is 0 Å². The first-order valence-corrected chi connectivity index (χ1v) is 0.724. The Morgan fingerprint density at radius 3 is 1.60 bits per heavy atom. The summed E-state index contributed by atoms with van der Waals surface area (Å²) in [6.45, 7) is 1.43. The van der Waals surface area contributed by atoms with E-state index in [1.54, 1.807) is 6.07 Å². The standard InChI is InChI=1S/C2H3N.ClH.H3N/c1-2-3;;/h1H3;1H;1H3. The number of hydrogen-bond acceptors (Lipinski definition) is 1. The van der Waals surface area contributed by atoms with Crippen LogP contribution in [-0.4, -0.2) is 0 Å². The maximum atomic E-state index is 7.32. The fourth-order valence-electron chi connectivity index (χ4n) is 0. The van der Waals surface area contributed by atoms with Crippen LogP contribution in [0.2, 0.25) is 0 Å². The lowest BCUT2D eigenvalue weighted by Gasteiger charge is -1.15. The molecule has 32 valence electrons. The summed E-state index contributed by atoms with van der Waals surface area (Å²) in [7, 11) is 0. The fraction of sp³-hybridized carbons (Fsp3) is 0.500. The van der Waals surface area contributed by atoms with E-state index in [0.717, 1.165) is 0 Å². The van der Waals surface area contributed by atoms with Crippen LogP contribution in [0.4, 0.5) is 0 Å². The first-order valence-electron chi connectivity index (χ1n) is 0.724. The van der Waals surface area contributed by atoms with Gasteiger partial charge in [0.05, 0.1) is 6.07 Å². The Hall–Kier alpha value is -0.260. The lowest BCUT2D eigenvalue weighted by Crippen LogP contribution is -3.00. The molecule has 0 aromatic rings. The smallest absolute Gasteiger partial charge is 0.0587 e. The van der Waals surface area contributed by atoms with E-state index in [0.29, 0.717) is 0 Å². The van der Waals surface area contributed by atoms with E-state index in [9.17, 15) is 0 Å². The Kier molecular flexibility index (Phi) is 225. The van der Waals surface area contributed by atoms with E-state index in [2.05, 4.69) is 0 Å². The lowest BCUT2D eigenvalue weighted by molar-refractivity contribution is -0.00000147. The SMILES string of the molecule is CC#N.[Cl-].[NH4+]. The molecule has 0 radical (unpaired) electrons. The first kappa shape index (κ1) is 21.9.